The van der Waals surface area contributed by atoms with Gasteiger partial charge in [-0.3, -0.25) is 4.90 Å². The summed E-state index contributed by atoms with van der Waals surface area (Å²) in [4.78, 5) is 16.3. The first-order chi connectivity index (χ1) is 16.5. The summed E-state index contributed by atoms with van der Waals surface area (Å²) in [6.07, 6.45) is -2.71. The molecule has 0 saturated carbocycles. The molecule has 35 heavy (non-hydrogen) atoms. The first-order valence-corrected chi connectivity index (χ1v) is 11.0. The van der Waals surface area contributed by atoms with Gasteiger partial charge in [0.05, 0.1) is 30.0 Å². The molecule has 0 radical (unpaired) electrons. The van der Waals surface area contributed by atoms with Crippen molar-refractivity contribution in [1.82, 2.24) is 25.0 Å². The maximum atomic E-state index is 13.5. The zero-order valence-corrected chi connectivity index (χ0v) is 18.7. The van der Waals surface area contributed by atoms with Crippen molar-refractivity contribution in [2.24, 2.45) is 0 Å². The molecule has 0 aliphatic carbocycles. The molecule has 3 aromatic heterocycles. The fourth-order valence-electron chi connectivity index (χ4n) is 4.27. The standard InChI is InChI=1S/C22H22F5N7O/c1-13-6-16(32-35-13)10-33-5-3-14(9-33)17-8-19(31-20(29-17)34-11-21(23,24)12-34)30-18-7-15(2-4-28-18)22(25,26)27/h2,4,6-8,14H,3,5,9-12H2,1H3,(H,28,29,30,31). The van der Waals surface area contributed by atoms with Crippen LogP contribution in [0.1, 0.15) is 35.1 Å². The Morgan fingerprint density at radius 3 is 2.63 bits per heavy atom. The highest BCUT2D eigenvalue weighted by molar-refractivity contribution is 5.56. The van der Waals surface area contributed by atoms with E-state index in [9.17, 15) is 22.0 Å². The van der Waals surface area contributed by atoms with Gasteiger partial charge in [-0.2, -0.15) is 18.2 Å². The maximum absolute atomic E-state index is 13.5. The number of rotatable bonds is 6. The second-order valence-electron chi connectivity index (χ2n) is 8.89. The molecule has 1 unspecified atom stereocenters. The fraction of sp³-hybridized carbons (Fsp3) is 0.455. The number of aromatic nitrogens is 4. The van der Waals surface area contributed by atoms with Crippen LogP contribution in [0.5, 0.6) is 0 Å². The number of hydrogen-bond donors (Lipinski definition) is 1. The predicted octanol–water partition coefficient (Wildman–Crippen LogP) is 4.38. The van der Waals surface area contributed by atoms with Gasteiger partial charge in [-0.25, -0.2) is 18.7 Å². The highest BCUT2D eigenvalue weighted by Gasteiger charge is 2.45. The first-order valence-electron chi connectivity index (χ1n) is 11.0. The SMILES string of the molecule is Cc1cc(CN2CCC(c3cc(Nc4cc(C(F)(F)F)ccn4)nc(N4CC(F)(F)C4)n3)C2)no1. The van der Waals surface area contributed by atoms with Crippen molar-refractivity contribution in [3.05, 3.63) is 53.2 Å². The van der Waals surface area contributed by atoms with E-state index in [1.54, 1.807) is 6.07 Å². The molecular formula is C22H22F5N7O. The van der Waals surface area contributed by atoms with Crippen molar-refractivity contribution in [3.63, 3.8) is 0 Å². The van der Waals surface area contributed by atoms with Gasteiger partial charge in [0, 0.05) is 37.3 Å². The molecule has 0 bridgehead atoms. The number of alkyl halides is 5. The van der Waals surface area contributed by atoms with Gasteiger partial charge in [0.1, 0.15) is 17.4 Å². The lowest BCUT2D eigenvalue weighted by Gasteiger charge is -2.38. The molecule has 8 nitrogen and oxygen atoms in total. The molecular weight excluding hydrogens is 473 g/mol. The summed E-state index contributed by atoms with van der Waals surface area (Å²) >= 11 is 0. The highest BCUT2D eigenvalue weighted by Crippen LogP contribution is 2.35. The Morgan fingerprint density at radius 2 is 1.94 bits per heavy atom. The number of nitrogens with zero attached hydrogens (tertiary/aromatic N) is 6. The van der Waals surface area contributed by atoms with E-state index < -0.39 is 30.8 Å². The lowest BCUT2D eigenvalue weighted by Crippen LogP contribution is -2.57. The summed E-state index contributed by atoms with van der Waals surface area (Å²) < 4.78 is 71.4. The van der Waals surface area contributed by atoms with Crippen LogP contribution in [-0.2, 0) is 12.7 Å². The van der Waals surface area contributed by atoms with Crippen molar-refractivity contribution in [1.29, 1.82) is 0 Å². The number of nitrogens with one attached hydrogen (secondary N) is 1. The van der Waals surface area contributed by atoms with Gasteiger partial charge < -0.3 is 14.7 Å². The van der Waals surface area contributed by atoms with Crippen LogP contribution in [-0.4, -0.2) is 57.1 Å². The molecule has 5 rings (SSSR count). The molecule has 186 valence electrons. The Hall–Kier alpha value is -3.35. The Labute approximate surface area is 197 Å². The minimum atomic E-state index is -4.53. The Kier molecular flexibility index (Phi) is 5.82. The van der Waals surface area contributed by atoms with Crippen molar-refractivity contribution in [2.75, 3.05) is 36.4 Å². The Balaban J connectivity index is 1.38. The van der Waals surface area contributed by atoms with E-state index in [2.05, 4.69) is 30.3 Å². The molecule has 5 heterocycles. The number of pyridine rings is 1. The largest absolute Gasteiger partial charge is 0.416 e. The lowest BCUT2D eigenvalue weighted by atomic mass is 10.0. The van der Waals surface area contributed by atoms with E-state index >= 15 is 0 Å². The number of hydrogen-bond acceptors (Lipinski definition) is 8. The van der Waals surface area contributed by atoms with Gasteiger partial charge in [-0.1, -0.05) is 5.16 Å². The maximum Gasteiger partial charge on any atom is 0.416 e. The van der Waals surface area contributed by atoms with E-state index in [-0.39, 0.29) is 23.5 Å². The number of halogens is 5. The minimum absolute atomic E-state index is 0.0125. The summed E-state index contributed by atoms with van der Waals surface area (Å²) in [5, 5.41) is 6.80. The number of likely N-dealkylation sites (tertiary alicyclic amines) is 1. The van der Waals surface area contributed by atoms with Crippen LogP contribution < -0.4 is 10.2 Å². The van der Waals surface area contributed by atoms with Crippen molar-refractivity contribution < 1.29 is 26.5 Å². The van der Waals surface area contributed by atoms with Gasteiger partial charge in [0.2, 0.25) is 5.95 Å². The van der Waals surface area contributed by atoms with Gasteiger partial charge in [0.25, 0.3) is 5.92 Å². The topological polar surface area (TPSA) is 83.2 Å². The van der Waals surface area contributed by atoms with E-state index in [1.807, 2.05) is 13.0 Å². The molecule has 1 atom stereocenters. The molecule has 2 saturated heterocycles. The molecule has 2 aliphatic heterocycles. The molecule has 2 fully saturated rings. The first kappa shape index (κ1) is 23.4. The van der Waals surface area contributed by atoms with Gasteiger partial charge in [0.15, 0.2) is 0 Å². The van der Waals surface area contributed by atoms with Gasteiger partial charge in [-0.05, 0) is 32.0 Å². The van der Waals surface area contributed by atoms with Gasteiger partial charge >= 0.3 is 6.18 Å². The third-order valence-electron chi connectivity index (χ3n) is 5.96. The number of aryl methyl sites for hydroxylation is 1. The minimum Gasteiger partial charge on any atom is -0.361 e. The summed E-state index contributed by atoms with van der Waals surface area (Å²) in [7, 11) is 0. The molecule has 3 aromatic rings. The van der Waals surface area contributed by atoms with Crippen molar-refractivity contribution in [3.8, 4) is 0 Å². The second-order valence-corrected chi connectivity index (χ2v) is 8.89. The normalized spacial score (nSPS) is 20.2. The Morgan fingerprint density at radius 1 is 1.14 bits per heavy atom. The summed E-state index contributed by atoms with van der Waals surface area (Å²) in [6, 6.07) is 5.24. The third-order valence-corrected chi connectivity index (χ3v) is 5.96. The quantitative estimate of drug-likeness (QED) is 0.505. The molecule has 13 heteroatoms. The second kappa shape index (κ2) is 8.70. The predicted molar refractivity (Wildman–Crippen MR) is 116 cm³/mol. The molecule has 2 aliphatic rings. The Bertz CT molecular complexity index is 1210. The summed E-state index contributed by atoms with van der Waals surface area (Å²) in [5.74, 6) is -1.87. The average molecular weight is 495 g/mol. The van der Waals surface area contributed by atoms with Crippen LogP contribution in [0.2, 0.25) is 0 Å². The molecule has 0 aromatic carbocycles. The average Bonchev–Trinajstić information content (AvgIpc) is 3.40. The van der Waals surface area contributed by atoms with E-state index in [0.717, 1.165) is 42.7 Å². The molecule has 0 spiro atoms. The van der Waals surface area contributed by atoms with Crippen LogP contribution in [0, 0.1) is 6.92 Å². The van der Waals surface area contributed by atoms with Crippen LogP contribution in [0.25, 0.3) is 0 Å². The van der Waals surface area contributed by atoms with Crippen molar-refractivity contribution in [2.45, 2.75) is 37.9 Å². The lowest BCUT2D eigenvalue weighted by molar-refractivity contribution is -0.137. The van der Waals surface area contributed by atoms with Crippen LogP contribution >= 0.6 is 0 Å². The van der Waals surface area contributed by atoms with E-state index in [0.29, 0.717) is 18.8 Å². The third kappa shape index (κ3) is 5.34. The fourth-order valence-corrected chi connectivity index (χ4v) is 4.27. The van der Waals surface area contributed by atoms with E-state index in [4.69, 9.17) is 4.52 Å². The number of anilines is 3. The smallest absolute Gasteiger partial charge is 0.361 e. The van der Waals surface area contributed by atoms with Gasteiger partial charge in [-0.15, -0.1) is 0 Å². The molecule has 0 amide bonds. The van der Waals surface area contributed by atoms with Crippen molar-refractivity contribution >= 4 is 17.6 Å². The van der Waals surface area contributed by atoms with E-state index in [1.165, 1.54) is 4.90 Å². The van der Waals surface area contributed by atoms with Crippen LogP contribution in [0.4, 0.5) is 39.5 Å². The molecule has 1 N–H and O–H groups in total. The summed E-state index contributed by atoms with van der Waals surface area (Å²) in [5.41, 5.74) is 0.576. The van der Waals surface area contributed by atoms with Crippen LogP contribution in [0.15, 0.2) is 35.0 Å². The zero-order chi connectivity index (χ0) is 24.8. The van der Waals surface area contributed by atoms with Crippen LogP contribution in [0.3, 0.4) is 0 Å². The zero-order valence-electron chi connectivity index (χ0n) is 18.7. The summed E-state index contributed by atoms with van der Waals surface area (Å²) in [6.45, 7) is 2.82. The highest BCUT2D eigenvalue weighted by atomic mass is 19.4. The monoisotopic (exact) mass is 495 g/mol.